The molecular weight excluding hydrogens is 212 g/mol. The molecule has 3 N–H and O–H groups in total. The first-order valence-corrected chi connectivity index (χ1v) is 5.53. The molecule has 3 rings (SSSR count). The molecule has 0 amide bonds. The quantitative estimate of drug-likeness (QED) is 0.669. The summed E-state index contributed by atoms with van der Waals surface area (Å²) < 4.78 is 1.69. The van der Waals surface area contributed by atoms with Crippen molar-refractivity contribution in [3.63, 3.8) is 0 Å². The Hall–Kier alpha value is -2.23. The van der Waals surface area contributed by atoms with Crippen molar-refractivity contribution in [3.05, 3.63) is 36.2 Å². The Balaban J connectivity index is 2.37. The second-order valence-corrected chi connectivity index (χ2v) is 4.24. The van der Waals surface area contributed by atoms with E-state index < -0.39 is 0 Å². The zero-order chi connectivity index (χ0) is 12.0. The van der Waals surface area contributed by atoms with Crippen LogP contribution in [0.15, 0.2) is 30.5 Å². The maximum atomic E-state index is 6.04. The normalized spacial score (nSPS) is 11.2. The second kappa shape index (κ2) is 3.38. The lowest BCUT2D eigenvalue weighted by Crippen LogP contribution is -1.98. The molecule has 86 valence electrons. The van der Waals surface area contributed by atoms with Crippen molar-refractivity contribution >= 4 is 16.7 Å². The number of nitrogens with zero attached hydrogens (tertiary/aromatic N) is 2. The molecule has 0 aliphatic carbocycles. The van der Waals surface area contributed by atoms with Crippen molar-refractivity contribution < 1.29 is 0 Å². The number of aryl methyl sites for hydroxylation is 2. The Kier molecular flexibility index (Phi) is 1.98. The summed E-state index contributed by atoms with van der Waals surface area (Å²) >= 11 is 0. The zero-order valence-corrected chi connectivity index (χ0v) is 9.86. The van der Waals surface area contributed by atoms with E-state index in [1.165, 1.54) is 5.39 Å². The van der Waals surface area contributed by atoms with Crippen LogP contribution in [0, 0.1) is 6.92 Å². The van der Waals surface area contributed by atoms with E-state index in [1.807, 2.05) is 25.4 Å². The zero-order valence-electron chi connectivity index (χ0n) is 9.86. The molecule has 4 nitrogen and oxygen atoms in total. The van der Waals surface area contributed by atoms with Gasteiger partial charge in [0, 0.05) is 34.8 Å². The lowest BCUT2D eigenvalue weighted by Gasteiger charge is -2.01. The van der Waals surface area contributed by atoms with E-state index in [0.29, 0.717) is 5.82 Å². The van der Waals surface area contributed by atoms with Crippen LogP contribution < -0.4 is 5.73 Å². The largest absolute Gasteiger partial charge is 0.383 e. The van der Waals surface area contributed by atoms with Gasteiger partial charge < -0.3 is 10.7 Å². The Morgan fingerprint density at radius 1 is 1.29 bits per heavy atom. The molecule has 0 unspecified atom stereocenters. The fourth-order valence-corrected chi connectivity index (χ4v) is 2.26. The molecule has 0 atom stereocenters. The van der Waals surface area contributed by atoms with Crippen LogP contribution in [-0.2, 0) is 7.05 Å². The van der Waals surface area contributed by atoms with Crippen molar-refractivity contribution in [2.24, 2.45) is 7.05 Å². The number of H-pyrrole nitrogens is 1. The highest BCUT2D eigenvalue weighted by Crippen LogP contribution is 2.34. The molecule has 17 heavy (non-hydrogen) atoms. The molecule has 4 heteroatoms. The average molecular weight is 226 g/mol. The number of benzene rings is 1. The predicted molar refractivity (Wildman–Crippen MR) is 69.7 cm³/mol. The number of rotatable bonds is 1. The summed E-state index contributed by atoms with van der Waals surface area (Å²) in [6.45, 7) is 2.06. The van der Waals surface area contributed by atoms with Gasteiger partial charge in [0.05, 0.1) is 6.20 Å². The molecule has 0 aliphatic rings. The number of anilines is 1. The number of aromatic nitrogens is 3. The van der Waals surface area contributed by atoms with E-state index in [4.69, 9.17) is 5.73 Å². The van der Waals surface area contributed by atoms with Crippen molar-refractivity contribution in [1.82, 2.24) is 14.8 Å². The fourth-order valence-electron chi connectivity index (χ4n) is 2.26. The van der Waals surface area contributed by atoms with Gasteiger partial charge in [0.1, 0.15) is 5.82 Å². The Morgan fingerprint density at radius 2 is 2.06 bits per heavy atom. The topological polar surface area (TPSA) is 59.6 Å². The molecule has 0 saturated heterocycles. The number of hydrogen-bond acceptors (Lipinski definition) is 2. The van der Waals surface area contributed by atoms with Crippen LogP contribution in [0.25, 0.3) is 22.0 Å². The highest BCUT2D eigenvalue weighted by Gasteiger charge is 2.14. The van der Waals surface area contributed by atoms with Gasteiger partial charge in [-0.15, -0.1) is 0 Å². The third kappa shape index (κ3) is 1.34. The number of hydrogen-bond donors (Lipinski definition) is 2. The van der Waals surface area contributed by atoms with Gasteiger partial charge in [0.15, 0.2) is 0 Å². The smallest absolute Gasteiger partial charge is 0.129 e. The van der Waals surface area contributed by atoms with Gasteiger partial charge >= 0.3 is 0 Å². The van der Waals surface area contributed by atoms with Crippen LogP contribution in [0.2, 0.25) is 0 Å². The Labute approximate surface area is 99.1 Å². The van der Waals surface area contributed by atoms with Crippen molar-refractivity contribution in [2.45, 2.75) is 6.92 Å². The van der Waals surface area contributed by atoms with Gasteiger partial charge in [-0.25, -0.2) is 0 Å². The molecule has 2 aromatic heterocycles. The highest BCUT2D eigenvalue weighted by molar-refractivity contribution is 5.99. The summed E-state index contributed by atoms with van der Waals surface area (Å²) in [6, 6.07) is 8.22. The molecule has 2 heterocycles. The van der Waals surface area contributed by atoms with Gasteiger partial charge in [-0.2, -0.15) is 5.10 Å². The van der Waals surface area contributed by atoms with E-state index in [0.717, 1.165) is 22.3 Å². The van der Waals surface area contributed by atoms with Gasteiger partial charge in [0.2, 0.25) is 0 Å². The Morgan fingerprint density at radius 3 is 2.76 bits per heavy atom. The molecule has 0 saturated carbocycles. The van der Waals surface area contributed by atoms with Crippen LogP contribution in [0.1, 0.15) is 5.69 Å². The van der Waals surface area contributed by atoms with Crippen LogP contribution in [0.3, 0.4) is 0 Å². The summed E-state index contributed by atoms with van der Waals surface area (Å²) in [5.74, 6) is 0.692. The van der Waals surface area contributed by atoms with E-state index in [2.05, 4.69) is 29.1 Å². The number of nitrogens with one attached hydrogen (secondary N) is 1. The summed E-state index contributed by atoms with van der Waals surface area (Å²) in [7, 11) is 1.85. The van der Waals surface area contributed by atoms with Gasteiger partial charge in [-0.05, 0) is 13.0 Å². The molecule has 0 spiro atoms. The standard InChI is InChI=1S/C13H14N4/c1-8-12(10-7-15-17(2)13(10)14)9-5-3-4-6-11(9)16-8/h3-7,16H,14H2,1-2H3. The molecule has 0 bridgehead atoms. The van der Waals surface area contributed by atoms with Crippen LogP contribution >= 0.6 is 0 Å². The van der Waals surface area contributed by atoms with Crippen molar-refractivity contribution in [2.75, 3.05) is 5.73 Å². The van der Waals surface area contributed by atoms with Gasteiger partial charge in [0.25, 0.3) is 0 Å². The van der Waals surface area contributed by atoms with E-state index in [-0.39, 0.29) is 0 Å². The minimum Gasteiger partial charge on any atom is -0.383 e. The van der Waals surface area contributed by atoms with Gasteiger partial charge in [-0.1, -0.05) is 18.2 Å². The first kappa shape index (κ1) is 9.96. The van der Waals surface area contributed by atoms with E-state index in [1.54, 1.807) is 4.68 Å². The molecule has 1 aromatic carbocycles. The molecular formula is C13H14N4. The monoisotopic (exact) mass is 226 g/mol. The fraction of sp³-hybridized carbons (Fsp3) is 0.154. The Bertz CT molecular complexity index is 691. The summed E-state index contributed by atoms with van der Waals surface area (Å²) in [5, 5.41) is 5.38. The van der Waals surface area contributed by atoms with E-state index in [9.17, 15) is 0 Å². The lowest BCUT2D eigenvalue weighted by molar-refractivity contribution is 0.779. The summed E-state index contributed by atoms with van der Waals surface area (Å²) in [5.41, 5.74) is 10.4. The molecule has 0 fully saturated rings. The maximum Gasteiger partial charge on any atom is 0.129 e. The summed E-state index contributed by atoms with van der Waals surface area (Å²) in [4.78, 5) is 3.37. The lowest BCUT2D eigenvalue weighted by atomic mass is 10.1. The SMILES string of the molecule is Cc1[nH]c2ccccc2c1-c1cnn(C)c1N. The maximum absolute atomic E-state index is 6.04. The predicted octanol–water partition coefficient (Wildman–Crippen LogP) is 2.46. The van der Waals surface area contributed by atoms with Crippen molar-refractivity contribution in [3.8, 4) is 11.1 Å². The minimum atomic E-state index is 0.692. The van der Waals surface area contributed by atoms with Gasteiger partial charge in [-0.3, -0.25) is 4.68 Å². The van der Waals surface area contributed by atoms with E-state index >= 15 is 0 Å². The first-order chi connectivity index (χ1) is 8.18. The van der Waals surface area contributed by atoms with Crippen LogP contribution in [0.5, 0.6) is 0 Å². The summed E-state index contributed by atoms with van der Waals surface area (Å²) in [6.07, 6.45) is 1.82. The number of nitrogens with two attached hydrogens (primary N) is 1. The number of para-hydroxylation sites is 1. The van der Waals surface area contributed by atoms with Crippen LogP contribution in [0.4, 0.5) is 5.82 Å². The number of nitrogen functional groups attached to an aromatic ring is 1. The van der Waals surface area contributed by atoms with Crippen LogP contribution in [-0.4, -0.2) is 14.8 Å². The third-order valence-electron chi connectivity index (χ3n) is 3.15. The third-order valence-corrected chi connectivity index (χ3v) is 3.15. The van der Waals surface area contributed by atoms with Crippen molar-refractivity contribution in [1.29, 1.82) is 0 Å². The first-order valence-electron chi connectivity index (χ1n) is 5.53. The number of fused-ring (bicyclic) bond motifs is 1. The number of aromatic amines is 1. The minimum absolute atomic E-state index is 0.692. The average Bonchev–Trinajstić information content (AvgIpc) is 2.80. The molecule has 0 aliphatic heterocycles. The molecule has 3 aromatic rings. The molecule has 0 radical (unpaired) electrons. The highest BCUT2D eigenvalue weighted by atomic mass is 15.3. The second-order valence-electron chi connectivity index (χ2n) is 4.24.